The van der Waals surface area contributed by atoms with Crippen molar-refractivity contribution in [2.75, 3.05) is 0 Å². The van der Waals surface area contributed by atoms with Crippen molar-refractivity contribution in [1.82, 2.24) is 10.1 Å². The van der Waals surface area contributed by atoms with Crippen LogP contribution in [0.15, 0.2) is 39.5 Å². The van der Waals surface area contributed by atoms with Crippen LogP contribution in [0.2, 0.25) is 0 Å². The highest BCUT2D eigenvalue weighted by molar-refractivity contribution is 5.91. The fourth-order valence-electron chi connectivity index (χ4n) is 2.04. The van der Waals surface area contributed by atoms with E-state index < -0.39 is 0 Å². The summed E-state index contributed by atoms with van der Waals surface area (Å²) >= 11 is 0. The Bertz CT molecular complexity index is 715. The average molecular weight is 271 g/mol. The van der Waals surface area contributed by atoms with Gasteiger partial charge in [0.05, 0.1) is 5.56 Å². The Morgan fingerprint density at radius 1 is 1.25 bits per heavy atom. The van der Waals surface area contributed by atoms with Crippen molar-refractivity contribution in [3.63, 3.8) is 0 Å². The van der Waals surface area contributed by atoms with Gasteiger partial charge in [-0.2, -0.15) is 4.98 Å². The highest BCUT2D eigenvalue weighted by Gasteiger charge is 2.17. The number of aromatic nitrogens is 2. The van der Waals surface area contributed by atoms with Crippen molar-refractivity contribution in [3.8, 4) is 11.4 Å². The van der Waals surface area contributed by atoms with Gasteiger partial charge in [0.25, 0.3) is 0 Å². The van der Waals surface area contributed by atoms with Crippen LogP contribution in [0.25, 0.3) is 22.4 Å². The number of rotatable bonds is 4. The van der Waals surface area contributed by atoms with Crippen molar-refractivity contribution >= 4 is 11.0 Å². The molecule has 2 N–H and O–H groups in total. The summed E-state index contributed by atoms with van der Waals surface area (Å²) in [7, 11) is 0. The van der Waals surface area contributed by atoms with Crippen molar-refractivity contribution in [1.29, 1.82) is 0 Å². The summed E-state index contributed by atoms with van der Waals surface area (Å²) in [5, 5.41) is 5.00. The van der Waals surface area contributed by atoms with Gasteiger partial charge in [0.2, 0.25) is 11.7 Å². The molecule has 3 rings (SSSR count). The number of hydrogen-bond donors (Lipinski definition) is 1. The molecule has 20 heavy (non-hydrogen) atoms. The molecule has 0 spiro atoms. The number of nitrogens with zero attached hydrogens (tertiary/aromatic N) is 2. The van der Waals surface area contributed by atoms with Gasteiger partial charge in [0, 0.05) is 17.8 Å². The molecule has 0 radical (unpaired) electrons. The second-order valence-electron chi connectivity index (χ2n) is 5.27. The third-order valence-electron chi connectivity index (χ3n) is 3.46. The van der Waals surface area contributed by atoms with Gasteiger partial charge in [0.15, 0.2) is 0 Å². The van der Waals surface area contributed by atoms with Crippen molar-refractivity contribution in [2.24, 2.45) is 11.7 Å². The molecule has 2 heterocycles. The van der Waals surface area contributed by atoms with Crippen LogP contribution in [0.3, 0.4) is 0 Å². The van der Waals surface area contributed by atoms with E-state index >= 15 is 0 Å². The molecule has 3 aromatic rings. The summed E-state index contributed by atoms with van der Waals surface area (Å²) in [6.45, 7) is 4.15. The predicted octanol–water partition coefficient (Wildman–Crippen LogP) is 3.01. The summed E-state index contributed by atoms with van der Waals surface area (Å²) in [6, 6.07) is 7.79. The largest absolute Gasteiger partial charge is 0.464 e. The molecule has 1 atom stereocenters. The molecule has 104 valence electrons. The van der Waals surface area contributed by atoms with Gasteiger partial charge in [-0.25, -0.2) is 0 Å². The lowest BCUT2D eigenvalue weighted by atomic mass is 10.0. The molecule has 0 aliphatic rings. The number of benzene rings is 1. The fourth-order valence-corrected chi connectivity index (χ4v) is 2.04. The first-order chi connectivity index (χ1) is 9.65. The Morgan fingerprint density at radius 2 is 2.05 bits per heavy atom. The van der Waals surface area contributed by atoms with E-state index in [0.717, 1.165) is 16.5 Å². The zero-order valence-corrected chi connectivity index (χ0v) is 11.5. The van der Waals surface area contributed by atoms with Crippen LogP contribution in [-0.4, -0.2) is 16.2 Å². The number of para-hydroxylation sites is 1. The van der Waals surface area contributed by atoms with Gasteiger partial charge in [0.1, 0.15) is 11.8 Å². The van der Waals surface area contributed by atoms with Crippen LogP contribution < -0.4 is 5.73 Å². The van der Waals surface area contributed by atoms with E-state index in [1.54, 1.807) is 6.26 Å². The summed E-state index contributed by atoms with van der Waals surface area (Å²) in [5.74, 6) is 1.48. The van der Waals surface area contributed by atoms with Crippen molar-refractivity contribution in [3.05, 3.63) is 36.4 Å². The van der Waals surface area contributed by atoms with Crippen LogP contribution in [0, 0.1) is 5.92 Å². The Hall–Kier alpha value is -2.14. The molecule has 0 aliphatic carbocycles. The Balaban J connectivity index is 1.90. The maximum Gasteiger partial charge on any atom is 0.228 e. The van der Waals surface area contributed by atoms with Crippen LogP contribution in [0.1, 0.15) is 19.7 Å². The molecule has 5 heteroatoms. The highest BCUT2D eigenvalue weighted by Crippen LogP contribution is 2.28. The molecule has 0 saturated carbocycles. The minimum atomic E-state index is 0.0180. The van der Waals surface area contributed by atoms with Gasteiger partial charge in [-0.3, -0.25) is 0 Å². The Kier molecular flexibility index (Phi) is 3.28. The first kappa shape index (κ1) is 12.9. The molecule has 0 amide bonds. The Labute approximate surface area is 116 Å². The lowest BCUT2D eigenvalue weighted by molar-refractivity contribution is 0.353. The summed E-state index contributed by atoms with van der Waals surface area (Å²) in [4.78, 5) is 4.41. The molecule has 2 aromatic heterocycles. The van der Waals surface area contributed by atoms with Crippen LogP contribution in [0.5, 0.6) is 0 Å². The zero-order chi connectivity index (χ0) is 14.1. The second kappa shape index (κ2) is 5.09. The average Bonchev–Trinajstić information content (AvgIpc) is 3.04. The normalized spacial score (nSPS) is 13.2. The number of furan rings is 1. The summed E-state index contributed by atoms with van der Waals surface area (Å²) in [6.07, 6.45) is 2.24. The van der Waals surface area contributed by atoms with E-state index in [9.17, 15) is 0 Å². The molecule has 0 fully saturated rings. The smallest absolute Gasteiger partial charge is 0.228 e. The summed E-state index contributed by atoms with van der Waals surface area (Å²) < 4.78 is 10.8. The fraction of sp³-hybridized carbons (Fsp3) is 0.333. The second-order valence-corrected chi connectivity index (χ2v) is 5.27. The number of nitrogens with two attached hydrogens (primary N) is 1. The molecule has 0 bridgehead atoms. The van der Waals surface area contributed by atoms with Crippen molar-refractivity contribution in [2.45, 2.75) is 26.3 Å². The van der Waals surface area contributed by atoms with Gasteiger partial charge in [-0.05, 0) is 12.0 Å². The summed E-state index contributed by atoms with van der Waals surface area (Å²) in [5.41, 5.74) is 7.67. The van der Waals surface area contributed by atoms with Gasteiger partial charge in [-0.15, -0.1) is 0 Å². The maximum atomic E-state index is 6.02. The third-order valence-corrected chi connectivity index (χ3v) is 3.46. The van der Waals surface area contributed by atoms with Crippen LogP contribution in [0.4, 0.5) is 0 Å². The van der Waals surface area contributed by atoms with Gasteiger partial charge < -0.3 is 14.7 Å². The van der Waals surface area contributed by atoms with E-state index in [0.29, 0.717) is 24.1 Å². The van der Waals surface area contributed by atoms with E-state index in [-0.39, 0.29) is 6.04 Å². The van der Waals surface area contributed by atoms with E-state index in [1.165, 1.54) is 0 Å². The standard InChI is InChI=1S/C15H17N3O2/c1-9(2)12(16)7-14-17-15(18-20-14)11-8-19-13-6-4-3-5-10(11)13/h3-6,8-9,12H,7,16H2,1-2H3. The lowest BCUT2D eigenvalue weighted by Crippen LogP contribution is -2.28. The Morgan fingerprint density at radius 3 is 2.85 bits per heavy atom. The minimum absolute atomic E-state index is 0.0180. The molecule has 1 aromatic carbocycles. The maximum absolute atomic E-state index is 6.02. The van der Waals surface area contributed by atoms with E-state index in [1.807, 2.05) is 24.3 Å². The van der Waals surface area contributed by atoms with Gasteiger partial charge in [-0.1, -0.05) is 37.2 Å². The predicted molar refractivity (Wildman–Crippen MR) is 76.0 cm³/mol. The molecular weight excluding hydrogens is 254 g/mol. The molecular formula is C15H17N3O2. The minimum Gasteiger partial charge on any atom is -0.464 e. The third kappa shape index (κ3) is 2.32. The quantitative estimate of drug-likeness (QED) is 0.789. The molecule has 0 saturated heterocycles. The van der Waals surface area contributed by atoms with Crippen LogP contribution >= 0.6 is 0 Å². The van der Waals surface area contributed by atoms with Crippen molar-refractivity contribution < 1.29 is 8.94 Å². The zero-order valence-electron chi connectivity index (χ0n) is 11.5. The van der Waals surface area contributed by atoms with Crippen LogP contribution in [-0.2, 0) is 6.42 Å². The highest BCUT2D eigenvalue weighted by atomic mass is 16.5. The number of hydrogen-bond acceptors (Lipinski definition) is 5. The number of fused-ring (bicyclic) bond motifs is 1. The van der Waals surface area contributed by atoms with E-state index in [4.69, 9.17) is 14.7 Å². The monoisotopic (exact) mass is 271 g/mol. The first-order valence-electron chi connectivity index (χ1n) is 6.70. The van der Waals surface area contributed by atoms with E-state index in [2.05, 4.69) is 24.0 Å². The molecule has 0 aliphatic heterocycles. The first-order valence-corrected chi connectivity index (χ1v) is 6.70. The molecule has 5 nitrogen and oxygen atoms in total. The topological polar surface area (TPSA) is 78.1 Å². The lowest BCUT2D eigenvalue weighted by Gasteiger charge is -2.11. The SMILES string of the molecule is CC(C)C(N)Cc1nc(-c2coc3ccccc23)no1. The molecule has 1 unspecified atom stereocenters. The van der Waals surface area contributed by atoms with Gasteiger partial charge >= 0.3 is 0 Å².